The molecule has 0 aliphatic carbocycles. The van der Waals surface area contributed by atoms with Gasteiger partial charge in [0, 0.05) is 37.9 Å². The first-order valence-corrected chi connectivity index (χ1v) is 9.51. The molecular formula is C22H20FN3O4. The molecule has 0 bridgehead atoms. The number of nitrogens with one attached hydrogen (secondary N) is 1. The molecule has 7 nitrogen and oxygen atoms in total. The summed E-state index contributed by atoms with van der Waals surface area (Å²) in [5.74, 6) is 0.683. The van der Waals surface area contributed by atoms with Gasteiger partial charge in [0.2, 0.25) is 0 Å². The predicted octanol–water partition coefficient (Wildman–Crippen LogP) is 4.20. The number of carbonyl (C=O) groups excluding carboxylic acids is 2. The van der Waals surface area contributed by atoms with E-state index in [1.54, 1.807) is 58.3 Å². The van der Waals surface area contributed by atoms with Crippen LogP contribution >= 0.6 is 0 Å². The average Bonchev–Trinajstić information content (AvgIpc) is 3.30. The van der Waals surface area contributed by atoms with Crippen LogP contribution in [-0.2, 0) is 0 Å². The Kier molecular flexibility index (Phi) is 5.65. The summed E-state index contributed by atoms with van der Waals surface area (Å²) in [5.41, 5.74) is 0.612. The lowest BCUT2D eigenvalue weighted by Gasteiger charge is -2.34. The van der Waals surface area contributed by atoms with Crippen molar-refractivity contribution in [3.63, 3.8) is 0 Å². The fraction of sp³-hybridized carbons (Fsp3) is 0.182. The molecule has 1 aromatic heterocycles. The first-order valence-electron chi connectivity index (χ1n) is 9.51. The second-order valence-corrected chi connectivity index (χ2v) is 6.77. The Labute approximate surface area is 172 Å². The highest BCUT2D eigenvalue weighted by atomic mass is 19.1. The third kappa shape index (κ3) is 4.60. The molecule has 0 atom stereocenters. The van der Waals surface area contributed by atoms with Crippen molar-refractivity contribution in [2.45, 2.75) is 0 Å². The topological polar surface area (TPSA) is 75.0 Å². The third-order valence-corrected chi connectivity index (χ3v) is 4.72. The summed E-state index contributed by atoms with van der Waals surface area (Å²) in [4.78, 5) is 28.1. The number of anilines is 1. The Balaban J connectivity index is 1.28. The largest absolute Gasteiger partial charge is 0.459 e. The highest BCUT2D eigenvalue weighted by Crippen LogP contribution is 2.23. The maximum atomic E-state index is 13.2. The van der Waals surface area contributed by atoms with Gasteiger partial charge in [-0.2, -0.15) is 0 Å². The van der Waals surface area contributed by atoms with E-state index in [0.717, 1.165) is 0 Å². The monoisotopic (exact) mass is 409 g/mol. The zero-order chi connectivity index (χ0) is 20.9. The molecule has 154 valence electrons. The van der Waals surface area contributed by atoms with E-state index in [-0.39, 0.29) is 17.8 Å². The van der Waals surface area contributed by atoms with Gasteiger partial charge in [-0.15, -0.1) is 0 Å². The van der Waals surface area contributed by atoms with Gasteiger partial charge in [0.15, 0.2) is 5.76 Å². The standard InChI is InChI=1S/C22H20FN3O4/c23-16-3-1-4-19(15-16)30-18-8-6-17(7-9-18)24-22(28)26-12-10-25(11-13-26)21(27)20-5-2-14-29-20/h1-9,14-15H,10-13H2,(H,24,28). The van der Waals surface area contributed by atoms with E-state index in [0.29, 0.717) is 49.1 Å². The number of hydrogen-bond donors (Lipinski definition) is 1. The summed E-state index contributed by atoms with van der Waals surface area (Å²) in [6.45, 7) is 1.73. The van der Waals surface area contributed by atoms with E-state index < -0.39 is 0 Å². The number of hydrogen-bond acceptors (Lipinski definition) is 4. The molecule has 3 amide bonds. The van der Waals surface area contributed by atoms with E-state index >= 15 is 0 Å². The number of urea groups is 1. The highest BCUT2D eigenvalue weighted by Gasteiger charge is 2.26. The number of benzene rings is 2. The van der Waals surface area contributed by atoms with Crippen molar-refractivity contribution < 1.29 is 23.1 Å². The predicted molar refractivity (Wildman–Crippen MR) is 108 cm³/mol. The van der Waals surface area contributed by atoms with Crippen LogP contribution in [0.25, 0.3) is 0 Å². The maximum absolute atomic E-state index is 13.2. The molecule has 3 aromatic rings. The molecule has 0 radical (unpaired) electrons. The molecule has 30 heavy (non-hydrogen) atoms. The molecule has 8 heteroatoms. The lowest BCUT2D eigenvalue weighted by molar-refractivity contribution is 0.0640. The Bertz CT molecular complexity index is 1010. The second-order valence-electron chi connectivity index (χ2n) is 6.77. The van der Waals surface area contributed by atoms with Gasteiger partial charge in [-0.05, 0) is 48.5 Å². The minimum Gasteiger partial charge on any atom is -0.459 e. The number of halogens is 1. The number of ether oxygens (including phenoxy) is 1. The third-order valence-electron chi connectivity index (χ3n) is 4.72. The summed E-state index contributed by atoms with van der Waals surface area (Å²) >= 11 is 0. The van der Waals surface area contributed by atoms with E-state index in [4.69, 9.17) is 9.15 Å². The van der Waals surface area contributed by atoms with Gasteiger partial charge < -0.3 is 24.3 Å². The van der Waals surface area contributed by atoms with Gasteiger partial charge in [-0.3, -0.25) is 4.79 Å². The van der Waals surface area contributed by atoms with Crippen LogP contribution in [0.5, 0.6) is 11.5 Å². The Morgan fingerprint density at radius 1 is 0.900 bits per heavy atom. The molecule has 1 aliphatic heterocycles. The Morgan fingerprint density at radius 3 is 2.30 bits per heavy atom. The van der Waals surface area contributed by atoms with Crippen LogP contribution in [0, 0.1) is 5.82 Å². The van der Waals surface area contributed by atoms with Crippen molar-refractivity contribution in [2.75, 3.05) is 31.5 Å². The van der Waals surface area contributed by atoms with Crippen molar-refractivity contribution in [3.05, 3.63) is 78.5 Å². The van der Waals surface area contributed by atoms with Crippen molar-refractivity contribution in [3.8, 4) is 11.5 Å². The van der Waals surface area contributed by atoms with Crippen LogP contribution in [0.15, 0.2) is 71.3 Å². The van der Waals surface area contributed by atoms with Crippen molar-refractivity contribution in [2.24, 2.45) is 0 Å². The minimum absolute atomic E-state index is 0.172. The SMILES string of the molecule is O=C(Nc1ccc(Oc2cccc(F)c2)cc1)N1CCN(C(=O)c2ccco2)CC1. The molecule has 0 saturated carbocycles. The molecule has 1 fully saturated rings. The van der Waals surface area contributed by atoms with Gasteiger partial charge in [0.1, 0.15) is 17.3 Å². The van der Waals surface area contributed by atoms with Crippen LogP contribution in [0.3, 0.4) is 0 Å². The molecule has 1 N–H and O–H groups in total. The first-order chi connectivity index (χ1) is 14.6. The fourth-order valence-electron chi connectivity index (χ4n) is 3.14. The van der Waals surface area contributed by atoms with Crippen LogP contribution in [-0.4, -0.2) is 47.9 Å². The van der Waals surface area contributed by atoms with Gasteiger partial charge in [-0.25, -0.2) is 9.18 Å². The molecular weight excluding hydrogens is 389 g/mol. The average molecular weight is 409 g/mol. The molecule has 2 aromatic carbocycles. The fourth-order valence-corrected chi connectivity index (χ4v) is 3.14. The normalized spacial score (nSPS) is 13.8. The maximum Gasteiger partial charge on any atom is 0.321 e. The van der Waals surface area contributed by atoms with Gasteiger partial charge in [0.25, 0.3) is 5.91 Å². The number of amides is 3. The molecule has 2 heterocycles. The Morgan fingerprint density at radius 2 is 1.63 bits per heavy atom. The Hall–Kier alpha value is -3.81. The quantitative estimate of drug-likeness (QED) is 0.701. The molecule has 0 unspecified atom stereocenters. The molecule has 4 rings (SSSR count). The molecule has 0 spiro atoms. The van der Waals surface area contributed by atoms with E-state index in [1.165, 1.54) is 18.4 Å². The number of furan rings is 1. The summed E-state index contributed by atoms with van der Waals surface area (Å²) in [7, 11) is 0. The van der Waals surface area contributed by atoms with Gasteiger partial charge >= 0.3 is 6.03 Å². The summed E-state index contributed by atoms with van der Waals surface area (Å²) in [5, 5.41) is 2.83. The summed E-state index contributed by atoms with van der Waals surface area (Å²) in [6, 6.07) is 15.8. The first kappa shape index (κ1) is 19.5. The van der Waals surface area contributed by atoms with E-state index in [2.05, 4.69) is 5.32 Å². The lowest BCUT2D eigenvalue weighted by Crippen LogP contribution is -2.51. The van der Waals surface area contributed by atoms with Gasteiger partial charge in [0.05, 0.1) is 6.26 Å². The summed E-state index contributed by atoms with van der Waals surface area (Å²) < 4.78 is 24.0. The molecule has 1 aliphatic rings. The zero-order valence-corrected chi connectivity index (χ0v) is 16.1. The minimum atomic E-state index is -0.373. The second kappa shape index (κ2) is 8.69. The van der Waals surface area contributed by atoms with Crippen molar-refractivity contribution in [1.29, 1.82) is 0 Å². The van der Waals surface area contributed by atoms with Gasteiger partial charge in [-0.1, -0.05) is 6.07 Å². The lowest BCUT2D eigenvalue weighted by atomic mass is 10.2. The highest BCUT2D eigenvalue weighted by molar-refractivity contribution is 5.92. The van der Waals surface area contributed by atoms with Crippen LogP contribution in [0.4, 0.5) is 14.9 Å². The van der Waals surface area contributed by atoms with E-state index in [9.17, 15) is 14.0 Å². The van der Waals surface area contributed by atoms with Crippen LogP contribution in [0.1, 0.15) is 10.6 Å². The smallest absolute Gasteiger partial charge is 0.321 e. The van der Waals surface area contributed by atoms with E-state index in [1.807, 2.05) is 0 Å². The number of nitrogens with zero attached hydrogens (tertiary/aromatic N) is 2. The number of piperazine rings is 1. The zero-order valence-electron chi connectivity index (χ0n) is 16.1. The van der Waals surface area contributed by atoms with Crippen LogP contribution < -0.4 is 10.1 Å². The van der Waals surface area contributed by atoms with Crippen LogP contribution in [0.2, 0.25) is 0 Å². The molecule has 1 saturated heterocycles. The van der Waals surface area contributed by atoms with Crippen molar-refractivity contribution in [1.82, 2.24) is 9.80 Å². The number of carbonyl (C=O) groups is 2. The summed E-state index contributed by atoms with van der Waals surface area (Å²) in [6.07, 6.45) is 1.46. The number of rotatable bonds is 4. The van der Waals surface area contributed by atoms with Crippen molar-refractivity contribution >= 4 is 17.6 Å².